The summed E-state index contributed by atoms with van der Waals surface area (Å²) in [5.41, 5.74) is 5.42. The number of nitrogens with two attached hydrogens (primary N) is 1. The second-order valence-corrected chi connectivity index (χ2v) is 6.59. The van der Waals surface area contributed by atoms with Crippen LogP contribution in [0.2, 0.25) is 0 Å². The number of hydrogen-bond acceptors (Lipinski definition) is 7. The number of ketones is 1. The Morgan fingerprint density at radius 2 is 1.70 bits per heavy atom. The van der Waals surface area contributed by atoms with E-state index in [9.17, 15) is 4.79 Å². The average molecular weight is 380 g/mol. The van der Waals surface area contributed by atoms with Crippen LogP contribution in [-0.2, 0) is 0 Å². The Balaban J connectivity index is 1.65. The van der Waals surface area contributed by atoms with Gasteiger partial charge in [0.15, 0.2) is 5.78 Å². The highest BCUT2D eigenvalue weighted by Gasteiger charge is 2.13. The first-order valence-electron chi connectivity index (χ1n) is 8.48. The van der Waals surface area contributed by atoms with Gasteiger partial charge in [0.25, 0.3) is 5.95 Å². The van der Waals surface area contributed by atoms with Crippen molar-refractivity contribution in [2.45, 2.75) is 18.5 Å². The molecule has 0 radical (unpaired) electrons. The Bertz CT molecular complexity index is 924. The average Bonchev–Trinajstić information content (AvgIpc) is 3.08. The summed E-state index contributed by atoms with van der Waals surface area (Å²) in [6, 6.07) is 19.0. The summed E-state index contributed by atoms with van der Waals surface area (Å²) in [5, 5.41) is 12.9. The smallest absolute Gasteiger partial charge is 0.264 e. The molecule has 0 atom stereocenters. The fourth-order valence-corrected chi connectivity index (χ4v) is 3.14. The van der Waals surface area contributed by atoms with Gasteiger partial charge in [-0.1, -0.05) is 79.3 Å². The molecule has 1 aromatic heterocycles. The van der Waals surface area contributed by atoms with E-state index < -0.39 is 0 Å². The first-order valence-corrected chi connectivity index (χ1v) is 9.47. The van der Waals surface area contributed by atoms with Gasteiger partial charge in [0.1, 0.15) is 0 Å². The topological polar surface area (TPSA) is 98.2 Å². The summed E-state index contributed by atoms with van der Waals surface area (Å²) in [6.45, 7) is 2.02. The zero-order valence-electron chi connectivity index (χ0n) is 14.9. The van der Waals surface area contributed by atoms with Gasteiger partial charge in [-0.05, 0) is 12.0 Å². The number of nitrogens with zero attached hydrogens (tertiary/aromatic N) is 4. The third kappa shape index (κ3) is 4.73. The van der Waals surface area contributed by atoms with Gasteiger partial charge in [0.05, 0.1) is 11.5 Å². The molecule has 0 spiro atoms. The molecule has 138 valence electrons. The van der Waals surface area contributed by atoms with Crippen LogP contribution in [0.4, 0.5) is 5.95 Å². The van der Waals surface area contributed by atoms with E-state index in [0.717, 1.165) is 17.7 Å². The Morgan fingerprint density at radius 3 is 2.33 bits per heavy atom. The number of thioether (sulfide) groups is 1. The number of hydrogen-bond donors (Lipinski definition) is 2. The molecule has 27 heavy (non-hydrogen) atoms. The highest BCUT2D eigenvalue weighted by molar-refractivity contribution is 7.99. The van der Waals surface area contributed by atoms with Crippen molar-refractivity contribution >= 4 is 29.2 Å². The second-order valence-electron chi connectivity index (χ2n) is 5.64. The molecule has 0 aliphatic carbocycles. The van der Waals surface area contributed by atoms with Gasteiger partial charge >= 0.3 is 0 Å². The molecule has 0 aliphatic rings. The van der Waals surface area contributed by atoms with Crippen molar-refractivity contribution in [3.8, 4) is 0 Å². The monoisotopic (exact) mass is 380 g/mol. The third-order valence-corrected chi connectivity index (χ3v) is 4.77. The van der Waals surface area contributed by atoms with Gasteiger partial charge in [-0.15, -0.1) is 10.2 Å². The molecular weight excluding hydrogens is 360 g/mol. The van der Waals surface area contributed by atoms with Gasteiger partial charge in [-0.25, -0.2) is 10.1 Å². The Labute approximate surface area is 161 Å². The maximum absolute atomic E-state index is 12.2. The predicted molar refractivity (Wildman–Crippen MR) is 109 cm³/mol. The number of rotatable bonds is 8. The van der Waals surface area contributed by atoms with Crippen molar-refractivity contribution in [3.05, 3.63) is 71.8 Å². The van der Waals surface area contributed by atoms with Crippen molar-refractivity contribution in [3.63, 3.8) is 0 Å². The van der Waals surface area contributed by atoms with Crippen LogP contribution in [-0.4, -0.2) is 32.1 Å². The first-order chi connectivity index (χ1) is 13.2. The van der Waals surface area contributed by atoms with E-state index in [4.69, 9.17) is 5.84 Å². The van der Waals surface area contributed by atoms with Gasteiger partial charge < -0.3 is 5.84 Å². The molecule has 0 saturated carbocycles. The van der Waals surface area contributed by atoms with Crippen LogP contribution >= 0.6 is 11.8 Å². The van der Waals surface area contributed by atoms with Crippen molar-refractivity contribution in [1.82, 2.24) is 14.9 Å². The van der Waals surface area contributed by atoms with Gasteiger partial charge in [-0.3, -0.25) is 4.79 Å². The van der Waals surface area contributed by atoms with E-state index in [1.165, 1.54) is 16.4 Å². The van der Waals surface area contributed by atoms with E-state index in [0.29, 0.717) is 16.7 Å². The van der Waals surface area contributed by atoms with E-state index in [2.05, 4.69) is 20.7 Å². The molecular formula is C19H20N6OS. The maximum Gasteiger partial charge on any atom is 0.264 e. The lowest BCUT2D eigenvalue weighted by molar-refractivity contribution is 0.102. The third-order valence-electron chi connectivity index (χ3n) is 3.83. The summed E-state index contributed by atoms with van der Waals surface area (Å²) in [7, 11) is 0. The molecule has 7 nitrogen and oxygen atoms in total. The fourth-order valence-electron chi connectivity index (χ4n) is 2.38. The number of benzene rings is 2. The second kappa shape index (κ2) is 9.00. The highest BCUT2D eigenvalue weighted by atomic mass is 32.2. The molecule has 3 aromatic rings. The predicted octanol–water partition coefficient (Wildman–Crippen LogP) is 3.19. The van der Waals surface area contributed by atoms with Gasteiger partial charge in [-0.2, -0.15) is 5.10 Å². The molecule has 2 aromatic carbocycles. The number of anilines is 1. The Kier molecular flexibility index (Phi) is 6.22. The van der Waals surface area contributed by atoms with Crippen molar-refractivity contribution in [2.24, 2.45) is 5.10 Å². The Hall–Kier alpha value is -3.13. The normalized spacial score (nSPS) is 11.4. The van der Waals surface area contributed by atoms with Crippen LogP contribution in [0.3, 0.4) is 0 Å². The lowest BCUT2D eigenvalue weighted by Gasteiger charge is -2.06. The van der Waals surface area contributed by atoms with E-state index in [1.54, 1.807) is 12.1 Å². The number of carbonyl (C=O) groups is 1. The largest absolute Gasteiger partial charge is 0.334 e. The van der Waals surface area contributed by atoms with Crippen LogP contribution < -0.4 is 11.3 Å². The number of Topliss-reactive ketones (excluding diaryl/α,β-unsaturated/α-hetero) is 1. The van der Waals surface area contributed by atoms with Crippen molar-refractivity contribution in [1.29, 1.82) is 0 Å². The standard InChI is InChI=1S/C19H20N6OS/c1-2-16(14-9-5-3-6-10-14)21-22-18-23-24-19(25(18)20)27-13-17(26)15-11-7-4-8-12-15/h3-12H,2,13,20H2,1H3,(H,22,23)/b21-16-. The number of carbonyl (C=O) groups excluding carboxylic acids is 1. The fraction of sp³-hybridized carbons (Fsp3) is 0.158. The van der Waals surface area contributed by atoms with Crippen LogP contribution in [0.15, 0.2) is 70.9 Å². The molecule has 0 unspecified atom stereocenters. The molecule has 3 rings (SSSR count). The quantitative estimate of drug-likeness (QED) is 0.205. The SMILES string of the molecule is CC/C(=N/Nc1nnc(SCC(=O)c2ccccc2)n1N)c1ccccc1. The molecule has 8 heteroatoms. The first kappa shape index (κ1) is 18.7. The lowest BCUT2D eigenvalue weighted by Crippen LogP contribution is -2.15. The molecule has 0 aliphatic heterocycles. The summed E-state index contributed by atoms with van der Waals surface area (Å²) >= 11 is 1.23. The summed E-state index contributed by atoms with van der Waals surface area (Å²) in [4.78, 5) is 12.2. The minimum Gasteiger partial charge on any atom is -0.334 e. The van der Waals surface area contributed by atoms with Crippen molar-refractivity contribution < 1.29 is 4.79 Å². The zero-order valence-corrected chi connectivity index (χ0v) is 15.7. The van der Waals surface area contributed by atoms with Crippen LogP contribution in [0.25, 0.3) is 0 Å². The summed E-state index contributed by atoms with van der Waals surface area (Å²) in [5.74, 6) is 6.57. The van der Waals surface area contributed by atoms with E-state index in [-0.39, 0.29) is 11.5 Å². The molecule has 0 fully saturated rings. The van der Waals surface area contributed by atoms with Crippen LogP contribution in [0.1, 0.15) is 29.3 Å². The molecule has 1 heterocycles. The molecule has 0 amide bonds. The number of aromatic nitrogens is 3. The van der Waals surface area contributed by atoms with Gasteiger partial charge in [0, 0.05) is 5.56 Å². The van der Waals surface area contributed by atoms with Crippen LogP contribution in [0.5, 0.6) is 0 Å². The minimum absolute atomic E-state index is 0.00785. The maximum atomic E-state index is 12.2. The highest BCUT2D eigenvalue weighted by Crippen LogP contribution is 2.18. The number of nitrogen functional groups attached to an aromatic ring is 1. The number of hydrazone groups is 1. The van der Waals surface area contributed by atoms with Gasteiger partial charge in [0.2, 0.25) is 5.16 Å². The molecule has 0 saturated heterocycles. The Morgan fingerprint density at radius 1 is 1.07 bits per heavy atom. The van der Waals surface area contributed by atoms with E-state index in [1.807, 2.05) is 55.5 Å². The lowest BCUT2D eigenvalue weighted by atomic mass is 10.1. The summed E-state index contributed by atoms with van der Waals surface area (Å²) in [6.07, 6.45) is 0.753. The van der Waals surface area contributed by atoms with E-state index >= 15 is 0 Å². The zero-order chi connectivity index (χ0) is 19.1. The molecule has 3 N–H and O–H groups in total. The summed E-state index contributed by atoms with van der Waals surface area (Å²) < 4.78 is 1.30. The molecule has 0 bridgehead atoms. The van der Waals surface area contributed by atoms with Crippen LogP contribution in [0, 0.1) is 0 Å². The van der Waals surface area contributed by atoms with Crippen molar-refractivity contribution in [2.75, 3.05) is 17.0 Å². The minimum atomic E-state index is 0.00785. The number of nitrogens with one attached hydrogen (secondary N) is 1.